The summed E-state index contributed by atoms with van der Waals surface area (Å²) < 4.78 is 6.11. The van der Waals surface area contributed by atoms with Crippen LogP contribution in [0.4, 0.5) is 0 Å². The van der Waals surface area contributed by atoms with Crippen molar-refractivity contribution in [2.24, 2.45) is 16.6 Å². The van der Waals surface area contributed by atoms with Gasteiger partial charge in [-0.25, -0.2) is 0 Å². The first-order valence-corrected chi connectivity index (χ1v) is 8.52. The van der Waals surface area contributed by atoms with Crippen LogP contribution in [0.1, 0.15) is 67.7 Å². The van der Waals surface area contributed by atoms with Crippen molar-refractivity contribution in [2.45, 2.75) is 85.0 Å². The highest BCUT2D eigenvalue weighted by atomic mass is 16.5. The van der Waals surface area contributed by atoms with Crippen LogP contribution >= 0.6 is 0 Å². The summed E-state index contributed by atoms with van der Waals surface area (Å²) in [6, 6.07) is 0. The van der Waals surface area contributed by atoms with Gasteiger partial charge in [-0.05, 0) is 50.9 Å². The first-order chi connectivity index (χ1) is 9.39. The first-order valence-electron chi connectivity index (χ1n) is 8.52. The highest BCUT2D eigenvalue weighted by Gasteiger charge is 2.51. The molecule has 0 amide bonds. The van der Waals surface area contributed by atoms with Gasteiger partial charge in [-0.2, -0.15) is 0 Å². The molecule has 1 aliphatic heterocycles. The molecule has 2 aliphatic rings. The van der Waals surface area contributed by atoms with Gasteiger partial charge in [0.2, 0.25) is 0 Å². The zero-order valence-corrected chi connectivity index (χ0v) is 15.3. The summed E-state index contributed by atoms with van der Waals surface area (Å²) in [5.74, 6) is 0. The van der Waals surface area contributed by atoms with Crippen LogP contribution < -0.4 is 5.73 Å². The lowest BCUT2D eigenvalue weighted by molar-refractivity contribution is -0.170. The Bertz CT molecular complexity index is 371. The topological polar surface area (TPSA) is 38.5 Å². The summed E-state index contributed by atoms with van der Waals surface area (Å²) in [4.78, 5) is 2.66. The maximum absolute atomic E-state index is 6.36. The van der Waals surface area contributed by atoms with Crippen molar-refractivity contribution in [2.75, 3.05) is 19.6 Å². The third kappa shape index (κ3) is 3.80. The molecule has 1 atom stereocenters. The van der Waals surface area contributed by atoms with Crippen molar-refractivity contribution < 1.29 is 4.74 Å². The second-order valence-corrected chi connectivity index (χ2v) is 9.86. The third-order valence-electron chi connectivity index (χ3n) is 5.19. The van der Waals surface area contributed by atoms with Gasteiger partial charge in [0.15, 0.2) is 0 Å². The number of hydrogen-bond donors (Lipinski definition) is 1. The van der Waals surface area contributed by atoms with Crippen molar-refractivity contribution in [3.63, 3.8) is 0 Å². The second-order valence-electron chi connectivity index (χ2n) is 9.86. The largest absolute Gasteiger partial charge is 0.370 e. The molecule has 124 valence electrons. The van der Waals surface area contributed by atoms with Crippen molar-refractivity contribution in [1.29, 1.82) is 0 Å². The molecule has 1 heterocycles. The number of nitrogens with zero attached hydrogens (tertiary/aromatic N) is 1. The lowest BCUT2D eigenvalue weighted by Crippen LogP contribution is -2.66. The summed E-state index contributed by atoms with van der Waals surface area (Å²) in [7, 11) is 0. The minimum atomic E-state index is -0.0778. The van der Waals surface area contributed by atoms with Crippen LogP contribution in [-0.4, -0.2) is 41.8 Å². The standard InChI is InChI=1S/C18H36N2O/c1-14-8-20(13-17(6,7)21-14)18(12-19)10-15(2,3)9-16(4,5)11-18/h14H,8-13,19H2,1-7H3. The van der Waals surface area contributed by atoms with E-state index in [1.165, 1.54) is 19.3 Å². The minimum absolute atomic E-state index is 0.0778. The Morgan fingerprint density at radius 1 is 1.00 bits per heavy atom. The van der Waals surface area contributed by atoms with E-state index in [1.54, 1.807) is 0 Å². The lowest BCUT2D eigenvalue weighted by Gasteiger charge is -2.59. The van der Waals surface area contributed by atoms with Crippen LogP contribution in [-0.2, 0) is 4.74 Å². The van der Waals surface area contributed by atoms with Crippen molar-refractivity contribution in [3.05, 3.63) is 0 Å². The van der Waals surface area contributed by atoms with Crippen LogP contribution in [0, 0.1) is 10.8 Å². The number of nitrogens with two attached hydrogens (primary N) is 1. The van der Waals surface area contributed by atoms with E-state index < -0.39 is 0 Å². The summed E-state index contributed by atoms with van der Waals surface area (Å²) in [6.07, 6.45) is 3.96. The lowest BCUT2D eigenvalue weighted by atomic mass is 9.57. The van der Waals surface area contributed by atoms with E-state index >= 15 is 0 Å². The van der Waals surface area contributed by atoms with Crippen molar-refractivity contribution in [3.8, 4) is 0 Å². The predicted octanol–water partition coefficient (Wildman–Crippen LogP) is 3.42. The molecule has 1 saturated heterocycles. The molecule has 2 rings (SSSR count). The Morgan fingerprint density at radius 3 is 1.95 bits per heavy atom. The van der Waals surface area contributed by atoms with Crippen molar-refractivity contribution >= 4 is 0 Å². The van der Waals surface area contributed by atoms with Crippen LogP contribution in [0.2, 0.25) is 0 Å². The Morgan fingerprint density at radius 2 is 1.52 bits per heavy atom. The van der Waals surface area contributed by atoms with Gasteiger partial charge in [0.05, 0.1) is 11.7 Å². The normalized spacial score (nSPS) is 34.6. The molecule has 3 heteroatoms. The monoisotopic (exact) mass is 296 g/mol. The Hall–Kier alpha value is -0.120. The maximum atomic E-state index is 6.36. The molecule has 0 aromatic heterocycles. The molecule has 1 unspecified atom stereocenters. The van der Waals surface area contributed by atoms with Gasteiger partial charge in [-0.15, -0.1) is 0 Å². The highest BCUT2D eigenvalue weighted by Crippen LogP contribution is 2.52. The summed E-state index contributed by atoms with van der Waals surface area (Å²) >= 11 is 0. The number of morpholine rings is 1. The number of hydrogen-bond acceptors (Lipinski definition) is 3. The zero-order chi connectivity index (χ0) is 16.1. The van der Waals surface area contributed by atoms with E-state index in [2.05, 4.69) is 53.4 Å². The molecule has 2 fully saturated rings. The number of rotatable bonds is 2. The summed E-state index contributed by atoms with van der Waals surface area (Å²) in [6.45, 7) is 19.0. The van der Waals surface area contributed by atoms with E-state index in [-0.39, 0.29) is 17.2 Å². The Balaban J connectivity index is 2.32. The van der Waals surface area contributed by atoms with Crippen LogP contribution in [0.25, 0.3) is 0 Å². The zero-order valence-electron chi connectivity index (χ0n) is 15.3. The van der Waals surface area contributed by atoms with E-state index in [1.807, 2.05) is 0 Å². The highest BCUT2D eigenvalue weighted by molar-refractivity contribution is 5.06. The first kappa shape index (κ1) is 17.2. The smallest absolute Gasteiger partial charge is 0.0757 e. The van der Waals surface area contributed by atoms with Gasteiger partial charge in [0.25, 0.3) is 0 Å². The average Bonchev–Trinajstić information content (AvgIpc) is 2.21. The molecule has 3 nitrogen and oxygen atoms in total. The fourth-order valence-electron chi connectivity index (χ4n) is 5.58. The van der Waals surface area contributed by atoms with Gasteiger partial charge >= 0.3 is 0 Å². The Kier molecular flexibility index (Phi) is 4.28. The van der Waals surface area contributed by atoms with Gasteiger partial charge in [-0.1, -0.05) is 27.7 Å². The van der Waals surface area contributed by atoms with Gasteiger partial charge in [0.1, 0.15) is 0 Å². The van der Waals surface area contributed by atoms with Crippen LogP contribution in [0.15, 0.2) is 0 Å². The minimum Gasteiger partial charge on any atom is -0.370 e. The van der Waals surface area contributed by atoms with E-state index in [4.69, 9.17) is 10.5 Å². The molecule has 0 aromatic carbocycles. The van der Waals surface area contributed by atoms with Gasteiger partial charge in [-0.3, -0.25) is 4.90 Å². The molecule has 0 bridgehead atoms. The SMILES string of the molecule is CC1CN(C2(CN)CC(C)(C)CC(C)(C)C2)CC(C)(C)O1. The molecule has 0 aromatic rings. The Labute approximate surface area is 131 Å². The summed E-state index contributed by atoms with van der Waals surface area (Å²) in [5, 5.41) is 0. The molecule has 2 N–H and O–H groups in total. The van der Waals surface area contributed by atoms with E-state index in [9.17, 15) is 0 Å². The molecule has 1 saturated carbocycles. The molecular formula is C18H36N2O. The quantitative estimate of drug-likeness (QED) is 0.848. The summed E-state index contributed by atoms with van der Waals surface area (Å²) in [5.41, 5.74) is 7.12. The van der Waals surface area contributed by atoms with E-state index in [0.29, 0.717) is 10.8 Å². The predicted molar refractivity (Wildman–Crippen MR) is 89.4 cm³/mol. The van der Waals surface area contributed by atoms with Crippen LogP contribution in [0.5, 0.6) is 0 Å². The van der Waals surface area contributed by atoms with Gasteiger partial charge < -0.3 is 10.5 Å². The van der Waals surface area contributed by atoms with Gasteiger partial charge in [0, 0.05) is 25.2 Å². The van der Waals surface area contributed by atoms with E-state index in [0.717, 1.165) is 19.6 Å². The maximum Gasteiger partial charge on any atom is 0.0757 e. The van der Waals surface area contributed by atoms with Crippen LogP contribution in [0.3, 0.4) is 0 Å². The molecule has 21 heavy (non-hydrogen) atoms. The second kappa shape index (κ2) is 5.21. The fourth-order valence-corrected chi connectivity index (χ4v) is 5.58. The van der Waals surface area contributed by atoms with Crippen molar-refractivity contribution in [1.82, 2.24) is 4.90 Å². The molecule has 0 spiro atoms. The fraction of sp³-hybridized carbons (Fsp3) is 1.00. The molecule has 0 radical (unpaired) electrons. The average molecular weight is 296 g/mol. The third-order valence-corrected chi connectivity index (χ3v) is 5.19. The molecular weight excluding hydrogens is 260 g/mol. The molecule has 1 aliphatic carbocycles. The number of ether oxygens (including phenoxy) is 1.